The van der Waals surface area contributed by atoms with Gasteiger partial charge in [-0.2, -0.15) is 43.3 Å². The van der Waals surface area contributed by atoms with Gasteiger partial charge in [0.05, 0.1) is 50.1 Å². The minimum atomic E-state index is -4.37. The van der Waals surface area contributed by atoms with Crippen LogP contribution in [0.25, 0.3) is 27.5 Å². The number of nitrogens with two attached hydrogens (primary N) is 1. The van der Waals surface area contributed by atoms with E-state index in [0.29, 0.717) is 78.0 Å². The van der Waals surface area contributed by atoms with E-state index in [1.807, 2.05) is 74.5 Å². The number of hydrazone groups is 1. The number of anilines is 4. The number of ketones is 1. The number of benzene rings is 9. The number of hydrogen-bond donors (Lipinski definition) is 7. The minimum absolute atomic E-state index is 0.0123. The van der Waals surface area contributed by atoms with Gasteiger partial charge in [0.2, 0.25) is 16.2 Å². The van der Waals surface area contributed by atoms with Crippen LogP contribution in [0.2, 0.25) is 5.02 Å². The Morgan fingerprint density at radius 2 is 1.28 bits per heavy atom. The second-order valence-corrected chi connectivity index (χ2v) is 37.7. The molecule has 3 unspecified atom stereocenters. The summed E-state index contributed by atoms with van der Waals surface area (Å²) in [6, 6.07) is 55.0. The highest BCUT2D eigenvalue weighted by atomic mass is 35.5. The fraction of sp³-hybridized carbons (Fsp3) is 0.250. The summed E-state index contributed by atoms with van der Waals surface area (Å²) in [5.41, 5.74) is 13.0. The third-order valence-corrected chi connectivity index (χ3v) is 25.3. The maximum absolute atomic E-state index is 14.0. The number of esters is 1. The van der Waals surface area contributed by atoms with Crippen molar-refractivity contribution in [1.29, 1.82) is 0 Å². The Morgan fingerprint density at radius 1 is 0.653 bits per heavy atom. The lowest BCUT2D eigenvalue weighted by molar-refractivity contribution is -0.135. The van der Waals surface area contributed by atoms with E-state index in [-0.39, 0.29) is 80.7 Å². The molecule has 2 aliphatic rings. The lowest BCUT2D eigenvalue weighted by atomic mass is 9.76. The Kier molecular flexibility index (Phi) is 37.9. The molecule has 32 nitrogen and oxygen atoms in total. The molecule has 0 aliphatic carbocycles. The number of Topliss-reactive ketones (excluding diaryl/α,β-unsaturated/α-hetero) is 1. The lowest BCUT2D eigenvalue weighted by Gasteiger charge is -2.31. The van der Waals surface area contributed by atoms with Crippen LogP contribution in [0.1, 0.15) is 151 Å². The van der Waals surface area contributed by atoms with Crippen molar-refractivity contribution in [2.24, 2.45) is 22.2 Å². The highest BCUT2D eigenvalue weighted by Gasteiger charge is 2.43. The molecular formula is C108H97ClN18O14S3. The topological polar surface area (TPSA) is 424 Å². The quantitative estimate of drug-likeness (QED) is 0.00787. The van der Waals surface area contributed by atoms with E-state index in [1.165, 1.54) is 57.0 Å². The number of nitrogens with one attached hydrogen (secondary N) is 4. The highest BCUT2D eigenvalue weighted by molar-refractivity contribution is 8.01. The SMILES string of the molecule is C#CC#CC#CC#CC#CC#CC#CC#CS(=O)(=O)Nc1cc(CSc2nnnn2COC#CC#CO)ccc1Oc1cc(C(N)=O)c(O)c2ccccc12.CCC(Oc1ccc(C(C)(C)CC)cc1C(C)(C)CC)C(=O)Nc1ccc(N2N=C(N3CCCC3)C(Sc3nnnn3-c3ccccc3)C2=O)cc1.Cc1ccc(Cl)c(NC(=O)C(C)C(=O)C(C)(C)C)c1.O=C(Oc1ccccc1)c1ccc2n[nH]nc2c1. The van der Waals surface area contributed by atoms with Crippen molar-refractivity contribution >= 4 is 131 Å². The Morgan fingerprint density at radius 3 is 1.94 bits per heavy atom. The number of sulfonamides is 1. The van der Waals surface area contributed by atoms with Crippen molar-refractivity contribution in [3.8, 4) is 153 Å². The number of carbonyl (C=O) groups is 6. The van der Waals surface area contributed by atoms with Gasteiger partial charge in [-0.1, -0.05) is 189 Å². The third kappa shape index (κ3) is 29.8. The van der Waals surface area contributed by atoms with Crippen molar-refractivity contribution in [1.82, 2.24) is 60.7 Å². The summed E-state index contributed by atoms with van der Waals surface area (Å²) < 4.78 is 54.5. The second kappa shape index (κ2) is 51.0. The maximum atomic E-state index is 14.0. The number of phenols is 1. The Balaban J connectivity index is 0.000000203. The van der Waals surface area contributed by atoms with E-state index in [1.54, 1.807) is 136 Å². The Hall–Kier alpha value is -17.4. The smallest absolute Gasteiger partial charge is 0.343 e. The number of para-hydroxylation sites is 2. The molecule has 0 radical (unpaired) electrons. The number of fused-ring (bicyclic) bond motifs is 2. The van der Waals surface area contributed by atoms with Crippen LogP contribution in [0.3, 0.4) is 0 Å². The first-order valence-electron chi connectivity index (χ1n) is 44.7. The second-order valence-electron chi connectivity index (χ2n) is 33.9. The zero-order chi connectivity index (χ0) is 104. The number of carbonyl (C=O) groups excluding carboxylic acids is 6. The first-order valence-corrected chi connectivity index (χ1v) is 48.5. The number of aliphatic hydroxyl groups is 1. The molecular weight excluding hydrogens is 1900 g/mol. The number of ether oxygens (including phenoxy) is 4. The number of nitrogens with zero attached hydrogens (tertiary/aromatic N) is 13. The van der Waals surface area contributed by atoms with Gasteiger partial charge in [0.15, 0.2) is 23.8 Å². The summed E-state index contributed by atoms with van der Waals surface area (Å²) in [5.74, 6) is 36.6. The number of tetrazole rings is 2. The van der Waals surface area contributed by atoms with Crippen LogP contribution >= 0.6 is 35.1 Å². The molecule has 8 N–H and O–H groups in total. The number of aromatic hydroxyl groups is 1. The molecule has 1 saturated heterocycles. The number of aromatic amines is 1. The minimum Gasteiger partial charge on any atom is -0.506 e. The molecule has 0 saturated carbocycles. The number of aromatic nitrogens is 11. The third-order valence-electron chi connectivity index (χ3n) is 22.0. The van der Waals surface area contributed by atoms with Crippen molar-refractivity contribution in [3.63, 3.8) is 0 Å². The van der Waals surface area contributed by atoms with E-state index >= 15 is 0 Å². The summed E-state index contributed by atoms with van der Waals surface area (Å²) in [6.45, 7) is 25.8. The average molecular weight is 2000 g/mol. The number of likely N-dealkylation sites (tertiary alicyclic amines) is 1. The largest absolute Gasteiger partial charge is 0.506 e. The molecule has 36 heteroatoms. The molecule has 0 bridgehead atoms. The molecule has 2 aliphatic heterocycles. The fourth-order valence-corrected chi connectivity index (χ4v) is 16.3. The number of terminal acetylenes is 1. The van der Waals surface area contributed by atoms with Crippen LogP contribution in [0, 0.1) is 137 Å². The van der Waals surface area contributed by atoms with Gasteiger partial charge in [-0.05, 0) is 263 Å². The number of H-pyrrole nitrogens is 1. The molecule has 144 heavy (non-hydrogen) atoms. The maximum Gasteiger partial charge on any atom is 0.343 e. The van der Waals surface area contributed by atoms with Crippen LogP contribution < -0.4 is 40.3 Å². The number of primary amides is 1. The Bertz CT molecular complexity index is 7630. The molecule has 5 heterocycles. The lowest BCUT2D eigenvalue weighted by Crippen LogP contribution is -2.37. The van der Waals surface area contributed by atoms with Crippen molar-refractivity contribution < 1.29 is 66.3 Å². The van der Waals surface area contributed by atoms with Crippen molar-refractivity contribution in [2.75, 3.05) is 33.5 Å². The van der Waals surface area contributed by atoms with Crippen LogP contribution in [-0.2, 0) is 57.3 Å². The number of aryl methyl sites for hydroxylation is 1. The average Bonchev–Trinajstić information content (AvgIpc) is 1.72. The van der Waals surface area contributed by atoms with E-state index in [9.17, 15) is 42.3 Å². The molecule has 1 fully saturated rings. The van der Waals surface area contributed by atoms with Crippen molar-refractivity contribution in [3.05, 3.63) is 226 Å². The van der Waals surface area contributed by atoms with E-state index in [2.05, 4.69) is 226 Å². The van der Waals surface area contributed by atoms with Crippen LogP contribution in [-0.4, -0.2) is 145 Å². The fourth-order valence-electron chi connectivity index (χ4n) is 13.6. The molecule has 14 rings (SSSR count). The van der Waals surface area contributed by atoms with Crippen LogP contribution in [0.15, 0.2) is 203 Å². The van der Waals surface area contributed by atoms with E-state index < -0.39 is 44.6 Å². The predicted octanol–water partition coefficient (Wildman–Crippen LogP) is 16.1. The first kappa shape index (κ1) is 107. The van der Waals surface area contributed by atoms with Gasteiger partial charge in [0.25, 0.3) is 17.7 Å². The van der Waals surface area contributed by atoms with Gasteiger partial charge in [0.1, 0.15) is 57.9 Å². The van der Waals surface area contributed by atoms with Gasteiger partial charge < -0.3 is 50.4 Å². The normalized spacial score (nSPS) is 12.5. The summed E-state index contributed by atoms with van der Waals surface area (Å²) in [4.78, 5) is 78.0. The molecule has 9 aromatic carbocycles. The highest BCUT2D eigenvalue weighted by Crippen LogP contribution is 2.43. The van der Waals surface area contributed by atoms with Gasteiger partial charge in [-0.15, -0.1) is 16.6 Å². The molecule has 12 aromatic rings. The number of rotatable bonds is 28. The monoisotopic (exact) mass is 2000 g/mol. The zero-order valence-electron chi connectivity index (χ0n) is 80.4. The van der Waals surface area contributed by atoms with E-state index in [0.717, 1.165) is 61.3 Å². The Labute approximate surface area is 847 Å². The van der Waals surface area contributed by atoms with Gasteiger partial charge in [-0.25, -0.2) is 4.79 Å². The summed E-state index contributed by atoms with van der Waals surface area (Å²) in [5, 5.41) is 68.7. The number of aliphatic hydroxyl groups excluding tert-OH is 1. The number of thioether (sulfide) groups is 2. The number of amides is 4. The first-order chi connectivity index (χ1) is 69.1. The number of hydrogen-bond acceptors (Lipinski definition) is 26. The van der Waals surface area contributed by atoms with Crippen LogP contribution in [0.5, 0.6) is 28.7 Å². The molecule has 728 valence electrons. The molecule has 4 amide bonds. The number of amidine groups is 1. The molecule has 0 spiro atoms. The van der Waals surface area contributed by atoms with Gasteiger partial charge in [0, 0.05) is 75.9 Å². The van der Waals surface area contributed by atoms with Crippen LogP contribution in [0.4, 0.5) is 22.7 Å². The zero-order valence-corrected chi connectivity index (χ0v) is 83.6. The summed E-state index contributed by atoms with van der Waals surface area (Å²) in [6.07, 6.45) is 12.7. The molecule has 3 atom stereocenters. The summed E-state index contributed by atoms with van der Waals surface area (Å²) >= 11 is 8.51. The number of halogens is 1. The van der Waals surface area contributed by atoms with E-state index in [4.69, 9.17) is 52.9 Å². The van der Waals surface area contributed by atoms with Gasteiger partial charge >= 0.3 is 16.0 Å². The molecule has 3 aromatic heterocycles. The van der Waals surface area contributed by atoms with Gasteiger partial charge in [-0.3, -0.25) is 28.7 Å². The standard InChI is InChI=1S/C40H50N8O3S.C40H18N6O7S2.C15H20ClNO2.C13H9N3O2/c1-8-32(51-33-23-18-27(39(4,5)9-2)26-31(33)40(6,7)10-3)36(49)41-28-19-21-30(22-20-28)47-37(50)34(35(43-47)46-24-14-15-25-46)52-38-42-44-45-48(38)29-16-12-11-13-17-29;1-2-3-4-5-6-7-8-9-10-11-12-13-14-19-26-55(50,51)43-35-27-31(29-54-40-42-44-45-46(40)30-52-25-18-17-24-47)22-23-36(35)53-37-28-34(39(41)49)38(48)33-21-16-15-20-32(33)37;1-9-6-7-11(16)12(8-9)17-14(19)10(2)13(18)15(3,4)5;17-13(18-10-4-2-1-3-5-10)9-6-7-11-12(8-9)15-16-14-11/h11-13,16-23,26,32,34H,8-10,14-15,24-25H2,1-7H3,(H,41,49);1,15-16,20-23,27-28,43,47-48H,29-30H2,(H2,41,49);6-8,10H,1-5H3,(H,17,19);1-8H,(H,14,15,16). The summed E-state index contributed by atoms with van der Waals surface area (Å²) in [7, 11) is -4.37. The van der Waals surface area contributed by atoms with Crippen molar-refractivity contribution in [2.45, 2.75) is 160 Å². The predicted molar refractivity (Wildman–Crippen MR) is 554 cm³/mol.